The van der Waals surface area contributed by atoms with Gasteiger partial charge in [0.15, 0.2) is 0 Å². The number of carbonyl (C=O) groups is 2. The summed E-state index contributed by atoms with van der Waals surface area (Å²) in [6, 6.07) is 10.1. The molecule has 5 heteroatoms. The van der Waals surface area contributed by atoms with Gasteiger partial charge in [0, 0.05) is 18.9 Å². The second-order valence-corrected chi connectivity index (χ2v) is 7.21. The van der Waals surface area contributed by atoms with Crippen molar-refractivity contribution in [2.24, 2.45) is 34.7 Å². The van der Waals surface area contributed by atoms with Crippen molar-refractivity contribution in [2.75, 3.05) is 7.05 Å². The van der Waals surface area contributed by atoms with E-state index in [9.17, 15) is 9.59 Å². The SMILES string of the molecule is CN1C(=O)[C@@H]2[C@@H]3C[C@@H]([C@H]4ON=C(C=Cc5ccccc5)[C@@H]34)[C@@H]2C1=O. The number of imide groups is 1. The third-order valence-electron chi connectivity index (χ3n) is 6.19. The second-order valence-electron chi connectivity index (χ2n) is 7.21. The van der Waals surface area contributed by atoms with Crippen LogP contribution < -0.4 is 0 Å². The number of hydrogen-bond donors (Lipinski definition) is 0. The van der Waals surface area contributed by atoms with E-state index in [2.05, 4.69) is 5.16 Å². The Hall–Kier alpha value is -2.43. The Morgan fingerprint density at radius 2 is 1.75 bits per heavy atom. The van der Waals surface area contributed by atoms with Crippen LogP contribution in [-0.2, 0) is 14.4 Å². The lowest BCUT2D eigenvalue weighted by Gasteiger charge is -2.29. The smallest absolute Gasteiger partial charge is 0.233 e. The number of oxime groups is 1. The molecule has 122 valence electrons. The first kappa shape index (κ1) is 14.0. The number of likely N-dealkylation sites (tertiary alicyclic amines) is 1. The molecular formula is C19H18N2O3. The van der Waals surface area contributed by atoms with Crippen LogP contribution in [0.5, 0.6) is 0 Å². The van der Waals surface area contributed by atoms with Gasteiger partial charge in [-0.3, -0.25) is 14.5 Å². The van der Waals surface area contributed by atoms with E-state index >= 15 is 0 Å². The Morgan fingerprint density at radius 1 is 1.04 bits per heavy atom. The Labute approximate surface area is 140 Å². The fourth-order valence-electron chi connectivity index (χ4n) is 5.19. The van der Waals surface area contributed by atoms with Gasteiger partial charge in [-0.05, 0) is 24.0 Å². The van der Waals surface area contributed by atoms with Crippen LogP contribution in [0.3, 0.4) is 0 Å². The van der Waals surface area contributed by atoms with Gasteiger partial charge in [-0.1, -0.05) is 41.6 Å². The highest BCUT2D eigenvalue weighted by Crippen LogP contribution is 2.61. The number of rotatable bonds is 2. The average molecular weight is 322 g/mol. The molecule has 1 saturated heterocycles. The fraction of sp³-hybridized carbons (Fsp3) is 0.421. The molecule has 0 aromatic heterocycles. The molecule has 3 fully saturated rings. The molecule has 1 aromatic rings. The van der Waals surface area contributed by atoms with Crippen molar-refractivity contribution in [1.29, 1.82) is 0 Å². The zero-order valence-electron chi connectivity index (χ0n) is 13.3. The number of benzene rings is 1. The summed E-state index contributed by atoms with van der Waals surface area (Å²) in [4.78, 5) is 31.8. The summed E-state index contributed by atoms with van der Waals surface area (Å²) in [7, 11) is 1.60. The van der Waals surface area contributed by atoms with Crippen molar-refractivity contribution >= 4 is 23.6 Å². The Kier molecular flexibility index (Phi) is 2.78. The number of carbonyl (C=O) groups excluding carboxylic acids is 2. The third kappa shape index (κ3) is 1.67. The van der Waals surface area contributed by atoms with Crippen molar-refractivity contribution in [3.05, 3.63) is 42.0 Å². The minimum absolute atomic E-state index is 0.0192. The standard InChI is InChI=1S/C19H18N2O3/c1-21-18(22)15-11-9-12(16(15)19(21)23)17-14(11)13(20-24-17)8-7-10-5-3-2-4-6-10/h2-8,11-12,14-17H,9H2,1H3/t11-,12-,14-,15-,16+,17-/m1/s1. The van der Waals surface area contributed by atoms with E-state index in [0.717, 1.165) is 17.7 Å². The maximum Gasteiger partial charge on any atom is 0.233 e. The highest BCUT2D eigenvalue weighted by Gasteiger charge is 2.69. The maximum atomic E-state index is 12.5. The molecule has 5 nitrogen and oxygen atoms in total. The molecule has 1 aromatic carbocycles. The number of amides is 2. The summed E-state index contributed by atoms with van der Waals surface area (Å²) < 4.78 is 0. The van der Waals surface area contributed by atoms with E-state index in [4.69, 9.17) is 4.84 Å². The normalized spacial score (nSPS) is 39.4. The second kappa shape index (κ2) is 4.79. The van der Waals surface area contributed by atoms with Gasteiger partial charge in [0.2, 0.25) is 11.8 Å². The summed E-state index contributed by atoms with van der Waals surface area (Å²) in [6.45, 7) is 0. The Bertz CT molecular complexity index is 785. The monoisotopic (exact) mass is 322 g/mol. The van der Waals surface area contributed by atoms with Crippen LogP contribution in [0.15, 0.2) is 41.6 Å². The number of allylic oxidation sites excluding steroid dienone is 1. The molecule has 0 spiro atoms. The van der Waals surface area contributed by atoms with Crippen LogP contribution in [0.4, 0.5) is 0 Å². The van der Waals surface area contributed by atoms with Gasteiger partial charge >= 0.3 is 0 Å². The molecule has 4 aliphatic rings. The molecular weight excluding hydrogens is 304 g/mol. The van der Waals surface area contributed by atoms with E-state index < -0.39 is 0 Å². The quantitative estimate of drug-likeness (QED) is 0.782. The van der Waals surface area contributed by atoms with Crippen molar-refractivity contribution in [2.45, 2.75) is 12.5 Å². The fourth-order valence-corrected chi connectivity index (χ4v) is 5.19. The van der Waals surface area contributed by atoms with Crippen LogP contribution in [0.2, 0.25) is 0 Å². The first-order valence-corrected chi connectivity index (χ1v) is 8.45. The molecule has 2 heterocycles. The van der Waals surface area contributed by atoms with Gasteiger partial charge in [-0.2, -0.15) is 0 Å². The summed E-state index contributed by atoms with van der Waals surface area (Å²) in [6.07, 6.45) is 4.88. The molecule has 5 rings (SSSR count). The summed E-state index contributed by atoms with van der Waals surface area (Å²) >= 11 is 0. The van der Waals surface area contributed by atoms with Crippen LogP contribution in [-0.4, -0.2) is 35.6 Å². The highest BCUT2D eigenvalue weighted by atomic mass is 16.6. The summed E-state index contributed by atoms with van der Waals surface area (Å²) in [5, 5.41) is 4.27. The van der Waals surface area contributed by atoms with Gasteiger partial charge in [0.25, 0.3) is 0 Å². The molecule has 6 atom stereocenters. The lowest BCUT2D eigenvalue weighted by Crippen LogP contribution is -2.40. The number of nitrogens with zero attached hydrogens (tertiary/aromatic N) is 2. The lowest BCUT2D eigenvalue weighted by molar-refractivity contribution is -0.139. The lowest BCUT2D eigenvalue weighted by atomic mass is 9.72. The van der Waals surface area contributed by atoms with Crippen molar-refractivity contribution in [3.63, 3.8) is 0 Å². The average Bonchev–Trinajstić information content (AvgIpc) is 3.32. The number of hydrogen-bond acceptors (Lipinski definition) is 4. The van der Waals surface area contributed by atoms with E-state index in [1.807, 2.05) is 42.5 Å². The molecule has 0 radical (unpaired) electrons. The van der Waals surface area contributed by atoms with Crippen LogP contribution >= 0.6 is 0 Å². The topological polar surface area (TPSA) is 59.0 Å². The first-order chi connectivity index (χ1) is 11.7. The molecule has 2 aliphatic heterocycles. The van der Waals surface area contributed by atoms with Gasteiger partial charge in [0.05, 0.1) is 17.5 Å². The van der Waals surface area contributed by atoms with Crippen LogP contribution in [0.25, 0.3) is 6.08 Å². The predicted molar refractivity (Wildman–Crippen MR) is 87.6 cm³/mol. The predicted octanol–water partition coefficient (Wildman–Crippen LogP) is 1.95. The molecule has 2 amide bonds. The maximum absolute atomic E-state index is 12.5. The minimum atomic E-state index is -0.193. The van der Waals surface area contributed by atoms with Gasteiger partial charge in [-0.15, -0.1) is 0 Å². The molecule has 24 heavy (non-hydrogen) atoms. The first-order valence-electron chi connectivity index (χ1n) is 8.45. The van der Waals surface area contributed by atoms with E-state index in [0.29, 0.717) is 0 Å². The van der Waals surface area contributed by atoms with E-state index in [1.165, 1.54) is 4.90 Å². The molecule has 2 aliphatic carbocycles. The zero-order chi connectivity index (χ0) is 16.4. The number of fused-ring (bicyclic) bond motifs is 8. The Morgan fingerprint density at radius 3 is 2.50 bits per heavy atom. The van der Waals surface area contributed by atoms with Crippen LogP contribution in [0, 0.1) is 29.6 Å². The minimum Gasteiger partial charge on any atom is -0.391 e. The van der Waals surface area contributed by atoms with Crippen molar-refractivity contribution < 1.29 is 14.4 Å². The summed E-state index contributed by atoms with van der Waals surface area (Å²) in [5.74, 6) is 0.0135. The third-order valence-corrected chi connectivity index (χ3v) is 6.19. The highest BCUT2D eigenvalue weighted by molar-refractivity contribution is 6.08. The molecule has 2 saturated carbocycles. The molecule has 2 bridgehead atoms. The summed E-state index contributed by atoms with van der Waals surface area (Å²) in [5.41, 5.74) is 2.01. The van der Waals surface area contributed by atoms with Crippen molar-refractivity contribution in [3.8, 4) is 0 Å². The van der Waals surface area contributed by atoms with Gasteiger partial charge < -0.3 is 4.84 Å². The largest absolute Gasteiger partial charge is 0.391 e. The van der Waals surface area contributed by atoms with Gasteiger partial charge in [-0.25, -0.2) is 0 Å². The van der Waals surface area contributed by atoms with E-state index in [-0.39, 0.29) is 47.5 Å². The molecule has 0 N–H and O–H groups in total. The van der Waals surface area contributed by atoms with Gasteiger partial charge in [0.1, 0.15) is 6.10 Å². The van der Waals surface area contributed by atoms with Crippen LogP contribution in [0.1, 0.15) is 12.0 Å². The Balaban J connectivity index is 1.43. The van der Waals surface area contributed by atoms with Crippen molar-refractivity contribution in [1.82, 2.24) is 4.90 Å². The van der Waals surface area contributed by atoms with E-state index in [1.54, 1.807) is 7.05 Å². The zero-order valence-corrected chi connectivity index (χ0v) is 13.3. The molecule has 0 unspecified atom stereocenters.